The van der Waals surface area contributed by atoms with Crippen molar-refractivity contribution in [3.63, 3.8) is 0 Å². The van der Waals surface area contributed by atoms with Gasteiger partial charge in [-0.2, -0.15) is 0 Å². The molecule has 0 spiro atoms. The molecule has 1 saturated carbocycles. The Morgan fingerprint density at radius 1 is 1.07 bits per heavy atom. The fourth-order valence-corrected chi connectivity index (χ4v) is 6.11. The summed E-state index contributed by atoms with van der Waals surface area (Å²) in [6.07, 6.45) is 5.04. The zero-order valence-electron chi connectivity index (χ0n) is 15.2. The minimum Gasteiger partial charge on any atom is -0.294 e. The molecule has 148 valence electrons. The summed E-state index contributed by atoms with van der Waals surface area (Å²) in [6.45, 7) is 0.419. The zero-order valence-corrected chi connectivity index (χ0v) is 17.6. The molecule has 0 amide bonds. The molecule has 0 bridgehead atoms. The molecular formula is C20H21ClN2O3S2. The lowest BCUT2D eigenvalue weighted by Crippen LogP contribution is -2.36. The minimum atomic E-state index is -3.59. The van der Waals surface area contributed by atoms with E-state index in [-0.39, 0.29) is 15.8 Å². The Labute approximate surface area is 173 Å². The van der Waals surface area contributed by atoms with Crippen LogP contribution < -0.4 is 9.60 Å². The fourth-order valence-electron chi connectivity index (χ4n) is 3.64. The molecule has 1 heterocycles. The third-order valence-corrected chi connectivity index (χ3v) is 7.84. The second-order valence-corrected chi connectivity index (χ2v) is 10.3. The van der Waals surface area contributed by atoms with E-state index in [4.69, 9.17) is 11.6 Å². The first-order valence-corrected chi connectivity index (χ1v) is 12.0. The van der Waals surface area contributed by atoms with E-state index in [2.05, 4.69) is 4.72 Å². The second-order valence-electron chi connectivity index (χ2n) is 7.17. The molecule has 2 aromatic carbocycles. The Hall–Kier alpha value is -1.67. The van der Waals surface area contributed by atoms with Crippen molar-refractivity contribution in [3.8, 4) is 0 Å². The van der Waals surface area contributed by atoms with Gasteiger partial charge in [-0.05, 0) is 48.7 Å². The first kappa shape index (κ1) is 19.6. The summed E-state index contributed by atoms with van der Waals surface area (Å²) in [6, 6.07) is 12.2. The molecule has 4 rings (SSSR count). The summed E-state index contributed by atoms with van der Waals surface area (Å²) in [7, 11) is -3.59. The van der Waals surface area contributed by atoms with Crippen LogP contribution in [0.2, 0.25) is 5.02 Å². The Bertz CT molecular complexity index is 1140. The van der Waals surface area contributed by atoms with Crippen LogP contribution in [-0.2, 0) is 16.6 Å². The van der Waals surface area contributed by atoms with Crippen molar-refractivity contribution >= 4 is 43.2 Å². The highest BCUT2D eigenvalue weighted by Crippen LogP contribution is 2.24. The number of nitrogens with one attached hydrogen (secondary N) is 1. The van der Waals surface area contributed by atoms with Gasteiger partial charge in [-0.25, -0.2) is 13.1 Å². The van der Waals surface area contributed by atoms with E-state index in [1.165, 1.54) is 6.42 Å². The molecule has 3 aromatic rings. The van der Waals surface area contributed by atoms with Crippen molar-refractivity contribution in [1.29, 1.82) is 0 Å². The standard InChI is InChI=1S/C20H21ClN2O3S2/c21-15-8-6-14(7-9-15)13-23-18-11-10-17(12-19(18)27-20(23)24)28(25,26)22-16-4-2-1-3-5-16/h6-12,16,22H,1-5,13H2. The van der Waals surface area contributed by atoms with Gasteiger partial charge in [0.1, 0.15) is 0 Å². The van der Waals surface area contributed by atoms with Crippen molar-refractivity contribution in [2.75, 3.05) is 0 Å². The van der Waals surface area contributed by atoms with Gasteiger partial charge in [0.15, 0.2) is 0 Å². The third kappa shape index (κ3) is 4.17. The lowest BCUT2D eigenvalue weighted by Gasteiger charge is -2.22. The fraction of sp³-hybridized carbons (Fsp3) is 0.350. The van der Waals surface area contributed by atoms with E-state index >= 15 is 0 Å². The van der Waals surface area contributed by atoms with Crippen LogP contribution in [0.5, 0.6) is 0 Å². The molecule has 8 heteroatoms. The van der Waals surface area contributed by atoms with E-state index in [1.807, 2.05) is 12.1 Å². The summed E-state index contributed by atoms with van der Waals surface area (Å²) in [4.78, 5) is 12.6. The maximum Gasteiger partial charge on any atom is 0.308 e. The topological polar surface area (TPSA) is 68.2 Å². The number of sulfonamides is 1. The molecule has 1 aliphatic carbocycles. The number of fused-ring (bicyclic) bond motifs is 1. The maximum atomic E-state index is 12.8. The summed E-state index contributed by atoms with van der Waals surface area (Å²) in [5, 5.41) is 0.645. The van der Waals surface area contributed by atoms with Gasteiger partial charge in [0.25, 0.3) is 0 Å². The minimum absolute atomic E-state index is 0.00249. The van der Waals surface area contributed by atoms with Gasteiger partial charge in [0, 0.05) is 11.1 Å². The average Bonchev–Trinajstić information content (AvgIpc) is 2.98. The molecule has 5 nitrogen and oxygen atoms in total. The molecule has 0 saturated heterocycles. The van der Waals surface area contributed by atoms with Crippen LogP contribution in [0.1, 0.15) is 37.7 Å². The molecular weight excluding hydrogens is 416 g/mol. The highest BCUT2D eigenvalue weighted by molar-refractivity contribution is 7.89. The van der Waals surface area contributed by atoms with E-state index in [0.717, 1.165) is 48.1 Å². The predicted molar refractivity (Wildman–Crippen MR) is 114 cm³/mol. The molecule has 1 fully saturated rings. The highest BCUT2D eigenvalue weighted by atomic mass is 35.5. The van der Waals surface area contributed by atoms with Crippen LogP contribution in [0.4, 0.5) is 0 Å². The summed E-state index contributed by atoms with van der Waals surface area (Å²) >= 11 is 6.99. The molecule has 0 unspecified atom stereocenters. The van der Waals surface area contributed by atoms with Crippen molar-refractivity contribution in [3.05, 3.63) is 62.7 Å². The zero-order chi connectivity index (χ0) is 19.7. The first-order chi connectivity index (χ1) is 13.4. The smallest absolute Gasteiger partial charge is 0.294 e. The lowest BCUT2D eigenvalue weighted by molar-refractivity contribution is 0.412. The van der Waals surface area contributed by atoms with Gasteiger partial charge in [-0.15, -0.1) is 0 Å². The molecule has 0 atom stereocenters. The highest BCUT2D eigenvalue weighted by Gasteiger charge is 2.22. The number of halogens is 1. The quantitative estimate of drug-likeness (QED) is 0.645. The average molecular weight is 437 g/mol. The molecule has 28 heavy (non-hydrogen) atoms. The number of aromatic nitrogens is 1. The van der Waals surface area contributed by atoms with E-state index in [9.17, 15) is 13.2 Å². The van der Waals surface area contributed by atoms with Gasteiger partial charge in [-0.3, -0.25) is 9.36 Å². The SMILES string of the molecule is O=c1sc2cc(S(=O)(=O)NC3CCCCC3)ccc2n1Cc1ccc(Cl)cc1. The number of nitrogens with zero attached hydrogens (tertiary/aromatic N) is 1. The van der Waals surface area contributed by atoms with Gasteiger partial charge < -0.3 is 0 Å². The maximum absolute atomic E-state index is 12.8. The molecule has 1 aliphatic rings. The van der Waals surface area contributed by atoms with Crippen LogP contribution in [-0.4, -0.2) is 19.0 Å². The second kappa shape index (κ2) is 7.99. The Morgan fingerprint density at radius 3 is 2.50 bits per heavy atom. The summed E-state index contributed by atoms with van der Waals surface area (Å²) < 4.78 is 30.7. The summed E-state index contributed by atoms with van der Waals surface area (Å²) in [5.74, 6) is 0. The van der Waals surface area contributed by atoms with Crippen LogP contribution in [0, 0.1) is 0 Å². The van der Waals surface area contributed by atoms with Crippen LogP contribution in [0.15, 0.2) is 52.2 Å². The number of hydrogen-bond donors (Lipinski definition) is 1. The third-order valence-electron chi connectivity index (χ3n) is 5.13. The van der Waals surface area contributed by atoms with Crippen LogP contribution in [0.3, 0.4) is 0 Å². The van der Waals surface area contributed by atoms with Crippen molar-refractivity contribution in [2.45, 2.75) is 49.6 Å². The van der Waals surface area contributed by atoms with Gasteiger partial charge >= 0.3 is 4.87 Å². The number of benzene rings is 2. The Kier molecular flexibility index (Phi) is 5.60. The summed E-state index contributed by atoms with van der Waals surface area (Å²) in [5.41, 5.74) is 1.70. The molecule has 0 aliphatic heterocycles. The van der Waals surface area contributed by atoms with Crippen molar-refractivity contribution in [1.82, 2.24) is 9.29 Å². The normalized spacial score (nSPS) is 15.9. The van der Waals surface area contributed by atoms with Crippen LogP contribution >= 0.6 is 22.9 Å². The Balaban J connectivity index is 1.63. The van der Waals surface area contributed by atoms with Crippen LogP contribution in [0.25, 0.3) is 10.2 Å². The molecule has 1 N–H and O–H groups in total. The van der Waals surface area contributed by atoms with Gasteiger partial charge in [0.2, 0.25) is 10.0 Å². The van der Waals surface area contributed by atoms with Crippen molar-refractivity contribution in [2.24, 2.45) is 0 Å². The monoisotopic (exact) mass is 436 g/mol. The Morgan fingerprint density at radius 2 is 1.79 bits per heavy atom. The van der Waals surface area contributed by atoms with Gasteiger partial charge in [0.05, 0.1) is 21.7 Å². The first-order valence-electron chi connectivity index (χ1n) is 9.32. The van der Waals surface area contributed by atoms with E-state index in [1.54, 1.807) is 34.9 Å². The number of hydrogen-bond acceptors (Lipinski definition) is 4. The van der Waals surface area contributed by atoms with E-state index < -0.39 is 10.0 Å². The lowest BCUT2D eigenvalue weighted by atomic mass is 9.96. The predicted octanol–water partition coefficient (Wildman–Crippen LogP) is 4.38. The molecule has 1 aromatic heterocycles. The molecule has 0 radical (unpaired) electrons. The van der Waals surface area contributed by atoms with E-state index in [0.29, 0.717) is 16.3 Å². The number of rotatable bonds is 5. The number of thiazole rings is 1. The largest absolute Gasteiger partial charge is 0.308 e. The van der Waals surface area contributed by atoms with Crippen molar-refractivity contribution < 1.29 is 8.42 Å². The van der Waals surface area contributed by atoms with Gasteiger partial charge in [-0.1, -0.05) is 54.3 Å².